The van der Waals surface area contributed by atoms with Crippen molar-refractivity contribution < 1.29 is 18.0 Å². The molecule has 1 aliphatic rings. The number of sulfonamides is 1. The molecule has 0 bridgehead atoms. The van der Waals surface area contributed by atoms with Crippen LogP contribution in [0.25, 0.3) is 0 Å². The highest BCUT2D eigenvalue weighted by Crippen LogP contribution is 2.16. The van der Waals surface area contributed by atoms with E-state index in [0.29, 0.717) is 12.2 Å². The first-order valence-electron chi connectivity index (χ1n) is 6.03. The molecule has 2 amide bonds. The highest BCUT2D eigenvalue weighted by atomic mass is 32.2. The molecule has 1 fully saturated rings. The number of hydrogen-bond acceptors (Lipinski definition) is 4. The van der Waals surface area contributed by atoms with Crippen LogP contribution in [0.1, 0.15) is 6.42 Å². The molecule has 1 atom stereocenters. The van der Waals surface area contributed by atoms with Crippen LogP contribution in [0.15, 0.2) is 29.2 Å². The van der Waals surface area contributed by atoms with Crippen molar-refractivity contribution in [1.82, 2.24) is 10.0 Å². The maximum absolute atomic E-state index is 11.9. The first-order chi connectivity index (χ1) is 9.42. The molecule has 0 saturated carbocycles. The van der Waals surface area contributed by atoms with E-state index in [4.69, 9.17) is 0 Å². The van der Waals surface area contributed by atoms with Crippen LogP contribution in [-0.4, -0.2) is 33.8 Å². The number of amides is 2. The van der Waals surface area contributed by atoms with Gasteiger partial charge in [-0.15, -0.1) is 0 Å². The minimum atomic E-state index is -3.48. The van der Waals surface area contributed by atoms with E-state index in [-0.39, 0.29) is 29.0 Å². The van der Waals surface area contributed by atoms with Crippen LogP contribution in [0.4, 0.5) is 5.69 Å². The van der Waals surface area contributed by atoms with E-state index in [1.54, 1.807) is 0 Å². The van der Waals surface area contributed by atoms with Crippen molar-refractivity contribution in [3.63, 3.8) is 0 Å². The van der Waals surface area contributed by atoms with Gasteiger partial charge in [-0.2, -0.15) is 0 Å². The van der Waals surface area contributed by atoms with Crippen molar-refractivity contribution in [2.24, 2.45) is 5.92 Å². The van der Waals surface area contributed by atoms with E-state index < -0.39 is 10.0 Å². The van der Waals surface area contributed by atoms with Crippen molar-refractivity contribution in [2.75, 3.05) is 18.9 Å². The van der Waals surface area contributed by atoms with Crippen LogP contribution in [-0.2, 0) is 19.6 Å². The average molecular weight is 297 g/mol. The standard InChI is InChI=1S/C12H15N3O4S/c1-13-20(18,19)10-4-2-9(3-5-10)15-12(17)8-6-11(16)14-7-8/h2-5,8,13H,6-7H2,1H3,(H,14,16)(H,15,17). The zero-order valence-electron chi connectivity index (χ0n) is 10.8. The molecule has 0 radical (unpaired) electrons. The Kier molecular flexibility index (Phi) is 4.05. The fourth-order valence-electron chi connectivity index (χ4n) is 1.87. The predicted molar refractivity (Wildman–Crippen MR) is 72.4 cm³/mol. The van der Waals surface area contributed by atoms with Crippen molar-refractivity contribution in [3.05, 3.63) is 24.3 Å². The Morgan fingerprint density at radius 2 is 1.95 bits per heavy atom. The highest BCUT2D eigenvalue weighted by Gasteiger charge is 2.27. The molecule has 0 spiro atoms. The Morgan fingerprint density at radius 1 is 1.30 bits per heavy atom. The summed E-state index contributed by atoms with van der Waals surface area (Å²) in [4.78, 5) is 23.0. The Morgan fingerprint density at radius 3 is 2.45 bits per heavy atom. The molecular weight excluding hydrogens is 282 g/mol. The van der Waals surface area contributed by atoms with Crippen LogP contribution >= 0.6 is 0 Å². The molecule has 3 N–H and O–H groups in total. The Bertz CT molecular complexity index is 625. The molecule has 0 aliphatic carbocycles. The molecule has 1 unspecified atom stereocenters. The Hall–Kier alpha value is -1.93. The number of rotatable bonds is 4. The number of nitrogens with one attached hydrogen (secondary N) is 3. The minimum Gasteiger partial charge on any atom is -0.355 e. The first-order valence-corrected chi connectivity index (χ1v) is 7.52. The zero-order valence-corrected chi connectivity index (χ0v) is 11.7. The maximum Gasteiger partial charge on any atom is 0.240 e. The van der Waals surface area contributed by atoms with Crippen LogP contribution in [0.3, 0.4) is 0 Å². The van der Waals surface area contributed by atoms with E-state index in [9.17, 15) is 18.0 Å². The molecule has 2 rings (SSSR count). The second-order valence-corrected chi connectivity index (χ2v) is 6.31. The summed E-state index contributed by atoms with van der Waals surface area (Å²) in [5.41, 5.74) is 0.490. The van der Waals surface area contributed by atoms with E-state index in [1.807, 2.05) is 0 Å². The lowest BCUT2D eigenvalue weighted by molar-refractivity contribution is -0.123. The normalized spacial score (nSPS) is 18.6. The summed E-state index contributed by atoms with van der Waals surface area (Å²) in [6, 6.07) is 5.82. The molecule has 7 nitrogen and oxygen atoms in total. The monoisotopic (exact) mass is 297 g/mol. The molecule has 8 heteroatoms. The second kappa shape index (κ2) is 5.59. The van der Waals surface area contributed by atoms with Gasteiger partial charge in [0.05, 0.1) is 10.8 Å². The SMILES string of the molecule is CNS(=O)(=O)c1ccc(NC(=O)C2CNC(=O)C2)cc1. The molecule has 1 aromatic rings. The third-order valence-electron chi connectivity index (χ3n) is 3.05. The highest BCUT2D eigenvalue weighted by molar-refractivity contribution is 7.89. The van der Waals surface area contributed by atoms with Gasteiger partial charge in [0.25, 0.3) is 0 Å². The van der Waals surface area contributed by atoms with E-state index in [1.165, 1.54) is 31.3 Å². The third kappa shape index (κ3) is 3.14. The first kappa shape index (κ1) is 14.5. The van der Waals surface area contributed by atoms with E-state index >= 15 is 0 Å². The van der Waals surface area contributed by atoms with Gasteiger partial charge in [-0.3, -0.25) is 9.59 Å². The molecule has 1 saturated heterocycles. The fraction of sp³-hybridized carbons (Fsp3) is 0.333. The lowest BCUT2D eigenvalue weighted by Crippen LogP contribution is -2.24. The van der Waals surface area contributed by atoms with Gasteiger partial charge in [0.1, 0.15) is 0 Å². The fourth-order valence-corrected chi connectivity index (χ4v) is 2.60. The largest absolute Gasteiger partial charge is 0.355 e. The molecule has 0 aromatic heterocycles. The molecule has 1 aliphatic heterocycles. The van der Waals surface area contributed by atoms with Crippen molar-refractivity contribution in [1.29, 1.82) is 0 Å². The van der Waals surface area contributed by atoms with Gasteiger partial charge in [0, 0.05) is 18.7 Å². The summed E-state index contributed by atoms with van der Waals surface area (Å²) in [5, 5.41) is 5.24. The molecular formula is C12H15N3O4S. The van der Waals surface area contributed by atoms with Gasteiger partial charge < -0.3 is 10.6 Å². The van der Waals surface area contributed by atoms with Crippen LogP contribution in [0, 0.1) is 5.92 Å². The number of carbonyl (C=O) groups excluding carboxylic acids is 2. The summed E-state index contributed by atoms with van der Waals surface area (Å²) >= 11 is 0. The smallest absolute Gasteiger partial charge is 0.240 e. The Labute approximate surface area is 116 Å². The maximum atomic E-state index is 11.9. The van der Waals surface area contributed by atoms with Crippen LogP contribution in [0.2, 0.25) is 0 Å². The van der Waals surface area contributed by atoms with Gasteiger partial charge >= 0.3 is 0 Å². The van der Waals surface area contributed by atoms with Gasteiger partial charge in [0.2, 0.25) is 21.8 Å². The van der Waals surface area contributed by atoms with Crippen molar-refractivity contribution in [2.45, 2.75) is 11.3 Å². The van der Waals surface area contributed by atoms with Gasteiger partial charge in [0.15, 0.2) is 0 Å². The van der Waals surface area contributed by atoms with Gasteiger partial charge in [-0.1, -0.05) is 0 Å². The van der Waals surface area contributed by atoms with E-state index in [0.717, 1.165) is 0 Å². The summed E-state index contributed by atoms with van der Waals surface area (Å²) in [7, 11) is -2.16. The van der Waals surface area contributed by atoms with Crippen molar-refractivity contribution >= 4 is 27.5 Å². The average Bonchev–Trinajstić information content (AvgIpc) is 2.86. The predicted octanol–water partition coefficient (Wildman–Crippen LogP) is -0.331. The topological polar surface area (TPSA) is 104 Å². The van der Waals surface area contributed by atoms with Gasteiger partial charge in [-0.25, -0.2) is 13.1 Å². The third-order valence-corrected chi connectivity index (χ3v) is 4.48. The second-order valence-electron chi connectivity index (χ2n) is 4.43. The molecule has 1 aromatic carbocycles. The lowest BCUT2D eigenvalue weighted by atomic mass is 10.1. The zero-order chi connectivity index (χ0) is 14.8. The molecule has 1 heterocycles. The molecule has 20 heavy (non-hydrogen) atoms. The summed E-state index contributed by atoms with van der Waals surface area (Å²) in [6.07, 6.45) is 0.179. The number of anilines is 1. The number of hydrogen-bond donors (Lipinski definition) is 3. The number of benzene rings is 1. The van der Waals surface area contributed by atoms with Crippen LogP contribution in [0.5, 0.6) is 0 Å². The Balaban J connectivity index is 2.04. The van der Waals surface area contributed by atoms with Gasteiger partial charge in [-0.05, 0) is 31.3 Å². The number of carbonyl (C=O) groups is 2. The summed E-state index contributed by atoms with van der Waals surface area (Å²) < 4.78 is 25.3. The quantitative estimate of drug-likeness (QED) is 0.707. The van der Waals surface area contributed by atoms with Crippen molar-refractivity contribution in [3.8, 4) is 0 Å². The molecule has 108 valence electrons. The minimum absolute atomic E-state index is 0.121. The van der Waals surface area contributed by atoms with Crippen LogP contribution < -0.4 is 15.4 Å². The summed E-state index contributed by atoms with van der Waals surface area (Å²) in [5.74, 6) is -0.781. The van der Waals surface area contributed by atoms with E-state index in [2.05, 4.69) is 15.4 Å². The lowest BCUT2D eigenvalue weighted by Gasteiger charge is -2.09. The summed E-state index contributed by atoms with van der Waals surface area (Å²) in [6.45, 7) is 0.330.